The molecule has 0 aliphatic carbocycles. The van der Waals surface area contributed by atoms with E-state index in [1.165, 1.54) is 0 Å². The van der Waals surface area contributed by atoms with Crippen molar-refractivity contribution in [3.8, 4) is 5.75 Å². The van der Waals surface area contributed by atoms with Crippen LogP contribution in [-0.2, 0) is 32.0 Å². The number of allylic oxidation sites excluding steroid dienone is 2. The third-order valence-corrected chi connectivity index (χ3v) is 6.64. The highest BCUT2D eigenvalue weighted by Crippen LogP contribution is 2.41. The standard InChI is InChI=1S/C27H40N2O6/c1-5-28-25-21(26(32-4)20(3)22-18-35-27(31)24(22)25)10-8-19(2)9-11-23(30)34-15-7-6-12-29-13-16-33-17-14-29/h8,28H,5-7,9-18H2,1-4H3. The Morgan fingerprint density at radius 2 is 1.97 bits per heavy atom. The van der Waals surface area contributed by atoms with Gasteiger partial charge in [-0.2, -0.15) is 0 Å². The summed E-state index contributed by atoms with van der Waals surface area (Å²) in [5.41, 5.74) is 5.26. The number of cyclic esters (lactones) is 1. The van der Waals surface area contributed by atoms with Crippen LogP contribution in [0.15, 0.2) is 11.6 Å². The zero-order valence-electron chi connectivity index (χ0n) is 21.7. The second kappa shape index (κ2) is 13.5. The van der Waals surface area contributed by atoms with Crippen molar-refractivity contribution in [2.45, 2.75) is 59.5 Å². The van der Waals surface area contributed by atoms with Crippen molar-refractivity contribution in [2.24, 2.45) is 0 Å². The summed E-state index contributed by atoms with van der Waals surface area (Å²) in [6.45, 7) is 12.0. The molecule has 0 aromatic heterocycles. The van der Waals surface area contributed by atoms with Crippen LogP contribution in [0, 0.1) is 6.92 Å². The molecule has 0 saturated carbocycles. The van der Waals surface area contributed by atoms with Gasteiger partial charge < -0.3 is 24.3 Å². The van der Waals surface area contributed by atoms with Gasteiger partial charge in [0.2, 0.25) is 0 Å². The lowest BCUT2D eigenvalue weighted by molar-refractivity contribution is -0.143. The number of nitrogens with one attached hydrogen (secondary N) is 1. The van der Waals surface area contributed by atoms with Gasteiger partial charge in [0.25, 0.3) is 0 Å². The Balaban J connectivity index is 1.50. The molecule has 1 aromatic rings. The van der Waals surface area contributed by atoms with Gasteiger partial charge in [-0.3, -0.25) is 9.69 Å². The molecule has 2 aliphatic rings. The molecule has 0 amide bonds. The smallest absolute Gasteiger partial charge is 0.341 e. The van der Waals surface area contributed by atoms with E-state index in [2.05, 4.69) is 16.3 Å². The number of hydrogen-bond acceptors (Lipinski definition) is 8. The maximum Gasteiger partial charge on any atom is 0.341 e. The van der Waals surface area contributed by atoms with Crippen LogP contribution in [0.4, 0.5) is 5.69 Å². The molecule has 8 heteroatoms. The number of unbranched alkanes of at least 4 members (excludes halogenated alkanes) is 1. The van der Waals surface area contributed by atoms with E-state index in [1.54, 1.807) is 7.11 Å². The normalized spacial score (nSPS) is 16.1. The number of fused-ring (bicyclic) bond motifs is 1. The zero-order valence-corrected chi connectivity index (χ0v) is 21.7. The summed E-state index contributed by atoms with van der Waals surface area (Å²) in [5.74, 6) is 0.320. The second-order valence-corrected chi connectivity index (χ2v) is 9.11. The fourth-order valence-electron chi connectivity index (χ4n) is 4.62. The number of methoxy groups -OCH3 is 1. The van der Waals surface area contributed by atoms with Crippen molar-refractivity contribution in [1.29, 1.82) is 0 Å². The second-order valence-electron chi connectivity index (χ2n) is 9.11. The van der Waals surface area contributed by atoms with E-state index in [4.69, 9.17) is 18.9 Å². The van der Waals surface area contributed by atoms with E-state index >= 15 is 0 Å². The minimum atomic E-state index is -0.295. The van der Waals surface area contributed by atoms with Crippen molar-refractivity contribution < 1.29 is 28.5 Å². The van der Waals surface area contributed by atoms with Gasteiger partial charge in [0.1, 0.15) is 12.4 Å². The first-order valence-corrected chi connectivity index (χ1v) is 12.7. The van der Waals surface area contributed by atoms with Crippen LogP contribution < -0.4 is 10.1 Å². The molecule has 1 N–H and O–H groups in total. The number of rotatable bonds is 13. The van der Waals surface area contributed by atoms with Crippen LogP contribution in [0.25, 0.3) is 0 Å². The first-order valence-electron chi connectivity index (χ1n) is 12.7. The molecule has 1 aromatic carbocycles. The fourth-order valence-corrected chi connectivity index (χ4v) is 4.62. The van der Waals surface area contributed by atoms with E-state index in [9.17, 15) is 9.59 Å². The minimum Gasteiger partial charge on any atom is -0.496 e. The first kappa shape index (κ1) is 27.0. The summed E-state index contributed by atoms with van der Waals surface area (Å²) < 4.78 is 21.8. The highest BCUT2D eigenvalue weighted by Gasteiger charge is 2.31. The van der Waals surface area contributed by atoms with E-state index in [-0.39, 0.29) is 18.5 Å². The van der Waals surface area contributed by atoms with Crippen LogP contribution in [0.5, 0.6) is 5.75 Å². The van der Waals surface area contributed by atoms with Crippen LogP contribution in [0.3, 0.4) is 0 Å². The number of carbonyl (C=O) groups excluding carboxylic acids is 2. The molecule has 35 heavy (non-hydrogen) atoms. The Morgan fingerprint density at radius 1 is 1.20 bits per heavy atom. The monoisotopic (exact) mass is 488 g/mol. The van der Waals surface area contributed by atoms with Gasteiger partial charge in [0.15, 0.2) is 0 Å². The lowest BCUT2D eigenvalue weighted by Gasteiger charge is -2.26. The molecule has 0 bridgehead atoms. The summed E-state index contributed by atoms with van der Waals surface area (Å²) in [7, 11) is 1.65. The molecule has 3 rings (SSSR count). The lowest BCUT2D eigenvalue weighted by atomic mass is 9.93. The Hall–Kier alpha value is -2.58. The topological polar surface area (TPSA) is 86.3 Å². The SMILES string of the molecule is CCNc1c(CC=C(C)CCC(=O)OCCCCN2CCOCC2)c(OC)c(C)c2c1C(=O)OC2. The summed E-state index contributed by atoms with van der Waals surface area (Å²) in [6, 6.07) is 0. The third-order valence-electron chi connectivity index (χ3n) is 6.64. The van der Waals surface area contributed by atoms with E-state index in [1.807, 2.05) is 20.8 Å². The van der Waals surface area contributed by atoms with Crippen molar-refractivity contribution in [1.82, 2.24) is 4.90 Å². The number of esters is 2. The molecule has 0 spiro atoms. The molecular weight excluding hydrogens is 448 g/mol. The Morgan fingerprint density at radius 3 is 2.69 bits per heavy atom. The van der Waals surface area contributed by atoms with Gasteiger partial charge in [-0.1, -0.05) is 11.6 Å². The van der Waals surface area contributed by atoms with Gasteiger partial charge in [-0.15, -0.1) is 0 Å². The first-order chi connectivity index (χ1) is 17.0. The molecule has 0 atom stereocenters. The van der Waals surface area contributed by atoms with Gasteiger partial charge in [-0.25, -0.2) is 4.79 Å². The Kier molecular flexibility index (Phi) is 10.4. The van der Waals surface area contributed by atoms with E-state index < -0.39 is 0 Å². The molecule has 2 heterocycles. The number of anilines is 1. The van der Waals surface area contributed by atoms with Crippen LogP contribution in [-0.4, -0.2) is 69.9 Å². The van der Waals surface area contributed by atoms with E-state index in [0.29, 0.717) is 38.0 Å². The maximum atomic E-state index is 12.4. The Bertz CT molecular complexity index is 921. The van der Waals surface area contributed by atoms with Gasteiger partial charge in [0.05, 0.1) is 38.2 Å². The van der Waals surface area contributed by atoms with Crippen LogP contribution in [0.1, 0.15) is 66.6 Å². The van der Waals surface area contributed by atoms with Crippen molar-refractivity contribution in [3.63, 3.8) is 0 Å². The molecule has 1 fully saturated rings. The van der Waals surface area contributed by atoms with Crippen LogP contribution in [0.2, 0.25) is 0 Å². The quantitative estimate of drug-likeness (QED) is 0.253. The fraction of sp³-hybridized carbons (Fsp3) is 0.630. The van der Waals surface area contributed by atoms with E-state index in [0.717, 1.165) is 79.4 Å². The predicted molar refractivity (Wildman–Crippen MR) is 135 cm³/mol. The average Bonchev–Trinajstić information content (AvgIpc) is 3.25. The molecular formula is C27H40N2O6. The van der Waals surface area contributed by atoms with Crippen molar-refractivity contribution >= 4 is 17.6 Å². The van der Waals surface area contributed by atoms with Crippen molar-refractivity contribution in [2.75, 3.05) is 58.4 Å². The minimum absolute atomic E-state index is 0.161. The number of nitrogens with zero attached hydrogens (tertiary/aromatic N) is 1. The highest BCUT2D eigenvalue weighted by atomic mass is 16.5. The zero-order chi connectivity index (χ0) is 25.2. The molecule has 8 nitrogen and oxygen atoms in total. The molecule has 194 valence electrons. The highest BCUT2D eigenvalue weighted by molar-refractivity contribution is 6.01. The summed E-state index contributed by atoms with van der Waals surface area (Å²) in [4.78, 5) is 27.0. The maximum absolute atomic E-state index is 12.4. The summed E-state index contributed by atoms with van der Waals surface area (Å²) in [6.07, 6.45) is 5.59. The number of hydrogen-bond donors (Lipinski definition) is 1. The number of carbonyl (C=O) groups is 2. The molecule has 0 unspecified atom stereocenters. The molecule has 2 aliphatic heterocycles. The largest absolute Gasteiger partial charge is 0.496 e. The van der Waals surface area contributed by atoms with Gasteiger partial charge >= 0.3 is 11.9 Å². The number of ether oxygens (including phenoxy) is 4. The van der Waals surface area contributed by atoms with Gasteiger partial charge in [-0.05, 0) is 58.6 Å². The summed E-state index contributed by atoms with van der Waals surface area (Å²) >= 11 is 0. The predicted octanol–water partition coefficient (Wildman–Crippen LogP) is 4.03. The average molecular weight is 489 g/mol. The van der Waals surface area contributed by atoms with Crippen LogP contribution >= 0.6 is 0 Å². The molecule has 1 saturated heterocycles. The lowest BCUT2D eigenvalue weighted by Crippen LogP contribution is -2.36. The Labute approximate surface area is 208 Å². The number of benzene rings is 1. The number of morpholine rings is 1. The van der Waals surface area contributed by atoms with Crippen molar-refractivity contribution in [3.05, 3.63) is 33.9 Å². The summed E-state index contributed by atoms with van der Waals surface area (Å²) in [5, 5.41) is 3.34. The third kappa shape index (κ3) is 7.21. The van der Waals surface area contributed by atoms with Gasteiger partial charge in [0, 0.05) is 37.2 Å². The molecule has 0 radical (unpaired) electrons.